The zero-order valence-electron chi connectivity index (χ0n) is 18.2. The molecule has 0 saturated carbocycles. The van der Waals surface area contributed by atoms with Crippen LogP contribution in [-0.4, -0.2) is 17.2 Å². The second kappa shape index (κ2) is 12.7. The van der Waals surface area contributed by atoms with Crippen molar-refractivity contribution >= 4 is 39.9 Å². The molecule has 0 spiro atoms. The third kappa shape index (κ3) is 8.23. The van der Waals surface area contributed by atoms with Crippen molar-refractivity contribution < 1.29 is 10.0 Å². The van der Waals surface area contributed by atoms with Gasteiger partial charge in [0.25, 0.3) is 0 Å². The lowest BCUT2D eigenvalue weighted by Crippen LogP contribution is -2.29. The number of rotatable bonds is 2. The summed E-state index contributed by atoms with van der Waals surface area (Å²) in [6.45, 7) is 4.02. The lowest BCUT2D eigenvalue weighted by Gasteiger charge is -2.04. The summed E-state index contributed by atoms with van der Waals surface area (Å²) in [5.74, 6) is 0. The van der Waals surface area contributed by atoms with Crippen LogP contribution in [-0.2, 0) is 0 Å². The van der Waals surface area contributed by atoms with Gasteiger partial charge in [0, 0.05) is 15.8 Å². The molecule has 0 aliphatic rings. The number of anilines is 2. The Morgan fingerprint density at radius 1 is 0.625 bits per heavy atom. The van der Waals surface area contributed by atoms with Crippen molar-refractivity contribution in [2.24, 2.45) is 0 Å². The number of hydrogen-bond acceptors (Lipinski definition) is 4. The Kier molecular flexibility index (Phi) is 10.0. The predicted molar refractivity (Wildman–Crippen MR) is 141 cm³/mol. The topological polar surface area (TPSA) is 92.5 Å². The Labute approximate surface area is 198 Å². The fourth-order valence-electron chi connectivity index (χ4n) is 2.75. The van der Waals surface area contributed by atoms with E-state index in [1.807, 2.05) is 62.4 Å². The van der Waals surface area contributed by atoms with E-state index in [1.165, 1.54) is 11.1 Å². The molecule has 4 rings (SSSR count). The van der Waals surface area contributed by atoms with Gasteiger partial charge in [-0.05, 0) is 71.9 Å². The molecule has 6 heteroatoms. The molecule has 0 atom stereocenters. The van der Waals surface area contributed by atoms with Crippen LogP contribution in [0.5, 0.6) is 0 Å². The van der Waals surface area contributed by atoms with Crippen molar-refractivity contribution in [3.05, 3.63) is 113 Å². The minimum atomic E-state index is -1.34. The van der Waals surface area contributed by atoms with Gasteiger partial charge in [0.1, 0.15) is 0 Å². The molecule has 32 heavy (non-hydrogen) atoms. The lowest BCUT2D eigenvalue weighted by molar-refractivity contribution is 0.426. The summed E-state index contributed by atoms with van der Waals surface area (Å²) >= 11 is 3.34. The molecule has 0 saturated heterocycles. The molecule has 6 N–H and O–H groups in total. The molecule has 4 nitrogen and oxygen atoms in total. The number of halogens is 1. The fraction of sp³-hybridized carbons (Fsp3) is 0.0769. The van der Waals surface area contributed by atoms with Crippen LogP contribution in [0.4, 0.5) is 11.4 Å². The van der Waals surface area contributed by atoms with Crippen LogP contribution in [0.25, 0.3) is 11.1 Å². The zero-order chi connectivity index (χ0) is 23.5. The summed E-state index contributed by atoms with van der Waals surface area (Å²) < 4.78 is 1.08. The SMILES string of the molecule is Cc1cc(-c2ccccc2)ccc1N.Cc1cc(Br)ccc1N.OB(O)c1ccccc1. The maximum Gasteiger partial charge on any atom is 0.488 e. The van der Waals surface area contributed by atoms with E-state index in [0.29, 0.717) is 5.46 Å². The minimum Gasteiger partial charge on any atom is -0.423 e. The number of hydrogen-bond donors (Lipinski definition) is 4. The Hall–Kier alpha value is -3.06. The molecule has 0 radical (unpaired) electrons. The number of nitrogen functional groups attached to an aromatic ring is 2. The van der Waals surface area contributed by atoms with Gasteiger partial charge in [-0.25, -0.2) is 0 Å². The molecule has 0 amide bonds. The molecule has 0 bridgehead atoms. The van der Waals surface area contributed by atoms with E-state index < -0.39 is 7.12 Å². The summed E-state index contributed by atoms with van der Waals surface area (Å²) in [4.78, 5) is 0. The molecule has 0 aliphatic carbocycles. The number of nitrogens with two attached hydrogens (primary N) is 2. The van der Waals surface area contributed by atoms with Crippen LogP contribution in [0.2, 0.25) is 0 Å². The third-order valence-electron chi connectivity index (χ3n) is 4.71. The van der Waals surface area contributed by atoms with Gasteiger partial charge in [-0.1, -0.05) is 82.7 Å². The van der Waals surface area contributed by atoms with Crippen molar-refractivity contribution in [2.45, 2.75) is 13.8 Å². The van der Waals surface area contributed by atoms with Crippen LogP contribution < -0.4 is 16.9 Å². The first kappa shape index (κ1) is 25.2. The van der Waals surface area contributed by atoms with E-state index in [9.17, 15) is 0 Å². The summed E-state index contributed by atoms with van der Waals surface area (Å²) in [7, 11) is -1.34. The third-order valence-corrected chi connectivity index (χ3v) is 5.20. The largest absolute Gasteiger partial charge is 0.488 e. The van der Waals surface area contributed by atoms with Crippen molar-refractivity contribution in [2.75, 3.05) is 11.5 Å². The van der Waals surface area contributed by atoms with E-state index in [-0.39, 0.29) is 0 Å². The van der Waals surface area contributed by atoms with Gasteiger partial charge >= 0.3 is 7.12 Å². The highest BCUT2D eigenvalue weighted by Crippen LogP contribution is 2.22. The molecule has 4 aromatic carbocycles. The monoisotopic (exact) mass is 490 g/mol. The average molecular weight is 491 g/mol. The summed E-state index contributed by atoms with van der Waals surface area (Å²) in [5.41, 5.74) is 18.3. The summed E-state index contributed by atoms with van der Waals surface area (Å²) in [5, 5.41) is 17.2. The predicted octanol–water partition coefficient (Wildman–Crippen LogP) is 4.95. The minimum absolute atomic E-state index is 0.525. The zero-order valence-corrected chi connectivity index (χ0v) is 19.8. The van der Waals surface area contributed by atoms with Crippen molar-refractivity contribution in [3.63, 3.8) is 0 Å². The van der Waals surface area contributed by atoms with Gasteiger partial charge in [0.05, 0.1) is 0 Å². The highest BCUT2D eigenvalue weighted by Gasteiger charge is 2.07. The van der Waals surface area contributed by atoms with Crippen LogP contribution >= 0.6 is 15.9 Å². The maximum atomic E-state index is 8.58. The van der Waals surface area contributed by atoms with E-state index in [0.717, 1.165) is 27.0 Å². The van der Waals surface area contributed by atoms with Crippen LogP contribution in [0, 0.1) is 13.8 Å². The van der Waals surface area contributed by atoms with Crippen molar-refractivity contribution in [1.29, 1.82) is 0 Å². The standard InChI is InChI=1S/C13H13N.C7H8BrN.C6H7BO2/c1-10-9-12(7-8-13(10)14)11-5-3-2-4-6-11;1-5-4-6(8)2-3-7(5)9;8-7(9)6-4-2-1-3-5-6/h2-9H,14H2,1H3;2-4H,9H2,1H3;1-5,8-9H. The molecule has 0 fully saturated rings. The second-order valence-electron chi connectivity index (χ2n) is 7.22. The van der Waals surface area contributed by atoms with Gasteiger partial charge in [-0.15, -0.1) is 0 Å². The molecule has 4 aromatic rings. The maximum absolute atomic E-state index is 8.58. The molecular weight excluding hydrogens is 463 g/mol. The second-order valence-corrected chi connectivity index (χ2v) is 8.14. The molecule has 0 heterocycles. The normalized spacial score (nSPS) is 9.66. The molecule has 0 aliphatic heterocycles. The van der Waals surface area contributed by atoms with Crippen molar-refractivity contribution in [3.8, 4) is 11.1 Å². The van der Waals surface area contributed by atoms with Crippen LogP contribution in [0.15, 0.2) is 102 Å². The molecule has 164 valence electrons. The highest BCUT2D eigenvalue weighted by molar-refractivity contribution is 9.10. The van der Waals surface area contributed by atoms with Gasteiger partial charge in [-0.3, -0.25) is 0 Å². The molecule has 0 aromatic heterocycles. The lowest BCUT2D eigenvalue weighted by atomic mass is 9.81. The van der Waals surface area contributed by atoms with Crippen molar-refractivity contribution in [1.82, 2.24) is 0 Å². The first-order valence-corrected chi connectivity index (χ1v) is 10.9. The Balaban J connectivity index is 0.000000178. The summed E-state index contributed by atoms with van der Waals surface area (Å²) in [6, 6.07) is 30.9. The quantitative estimate of drug-likeness (QED) is 0.236. The molecule has 0 unspecified atom stereocenters. The van der Waals surface area contributed by atoms with Gasteiger partial charge in [-0.2, -0.15) is 0 Å². The van der Waals surface area contributed by atoms with E-state index in [2.05, 4.69) is 40.2 Å². The van der Waals surface area contributed by atoms with E-state index in [1.54, 1.807) is 24.3 Å². The van der Waals surface area contributed by atoms with Crippen LogP contribution in [0.3, 0.4) is 0 Å². The average Bonchev–Trinajstić information content (AvgIpc) is 2.80. The number of aryl methyl sites for hydroxylation is 2. The Bertz CT molecular complexity index is 1110. The highest BCUT2D eigenvalue weighted by atomic mass is 79.9. The summed E-state index contributed by atoms with van der Waals surface area (Å²) in [6.07, 6.45) is 0. The van der Waals surface area contributed by atoms with E-state index in [4.69, 9.17) is 21.5 Å². The van der Waals surface area contributed by atoms with E-state index >= 15 is 0 Å². The fourth-order valence-corrected chi connectivity index (χ4v) is 3.23. The first-order valence-electron chi connectivity index (χ1n) is 10.1. The first-order chi connectivity index (χ1) is 15.3. The van der Waals surface area contributed by atoms with Gasteiger partial charge < -0.3 is 21.5 Å². The van der Waals surface area contributed by atoms with Crippen LogP contribution in [0.1, 0.15) is 11.1 Å². The molecular formula is C26H28BBrN2O2. The smallest absolute Gasteiger partial charge is 0.423 e. The van der Waals surface area contributed by atoms with Gasteiger partial charge in [0.15, 0.2) is 0 Å². The Morgan fingerprint density at radius 2 is 1.12 bits per heavy atom. The van der Waals surface area contributed by atoms with Gasteiger partial charge in [0.2, 0.25) is 0 Å². The Morgan fingerprint density at radius 3 is 1.56 bits per heavy atom. The number of benzene rings is 4.